The first-order valence-corrected chi connectivity index (χ1v) is 5.55. The second-order valence-corrected chi connectivity index (χ2v) is 3.93. The number of rotatable bonds is 4. The monoisotopic (exact) mass is 223 g/mol. The van der Waals surface area contributed by atoms with Crippen LogP contribution < -0.4 is 10.6 Å². The molecule has 16 heavy (non-hydrogen) atoms. The van der Waals surface area contributed by atoms with Crippen LogP contribution >= 0.6 is 0 Å². The molecule has 0 atom stereocenters. The van der Waals surface area contributed by atoms with Crippen molar-refractivity contribution in [3.05, 3.63) is 24.2 Å². The molecular formula is C11H17N3O2. The maximum Gasteiger partial charge on any atom is 0.234 e. The molecule has 1 aromatic heterocycles. The molecule has 0 saturated carbocycles. The van der Waals surface area contributed by atoms with E-state index in [9.17, 15) is 4.79 Å². The van der Waals surface area contributed by atoms with E-state index in [4.69, 9.17) is 4.42 Å². The van der Waals surface area contributed by atoms with Crippen LogP contribution in [-0.4, -0.2) is 43.5 Å². The van der Waals surface area contributed by atoms with Crippen LogP contribution in [0.25, 0.3) is 0 Å². The fourth-order valence-corrected chi connectivity index (χ4v) is 1.72. The van der Waals surface area contributed by atoms with E-state index in [1.807, 2.05) is 6.07 Å². The molecule has 1 aromatic rings. The van der Waals surface area contributed by atoms with Crippen molar-refractivity contribution < 1.29 is 9.21 Å². The number of furan rings is 1. The molecule has 0 radical (unpaired) electrons. The summed E-state index contributed by atoms with van der Waals surface area (Å²) in [4.78, 5) is 13.8. The lowest BCUT2D eigenvalue weighted by molar-refractivity contribution is -0.122. The first-order chi connectivity index (χ1) is 7.84. The van der Waals surface area contributed by atoms with Gasteiger partial charge < -0.3 is 15.1 Å². The van der Waals surface area contributed by atoms with Gasteiger partial charge in [0.25, 0.3) is 0 Å². The SMILES string of the molecule is O=C(CN1CCNCC1)NCc1ccoc1. The number of hydrogen-bond donors (Lipinski definition) is 2. The fraction of sp³-hybridized carbons (Fsp3) is 0.545. The summed E-state index contributed by atoms with van der Waals surface area (Å²) in [7, 11) is 0. The largest absolute Gasteiger partial charge is 0.472 e. The van der Waals surface area contributed by atoms with Crippen molar-refractivity contribution in [2.45, 2.75) is 6.54 Å². The van der Waals surface area contributed by atoms with E-state index in [1.54, 1.807) is 12.5 Å². The molecule has 0 bridgehead atoms. The van der Waals surface area contributed by atoms with E-state index in [2.05, 4.69) is 15.5 Å². The molecule has 5 nitrogen and oxygen atoms in total. The van der Waals surface area contributed by atoms with Gasteiger partial charge in [-0.25, -0.2) is 0 Å². The highest BCUT2D eigenvalue weighted by Gasteiger charge is 2.12. The number of piperazine rings is 1. The quantitative estimate of drug-likeness (QED) is 0.742. The number of amides is 1. The molecule has 1 amide bonds. The summed E-state index contributed by atoms with van der Waals surface area (Å²) in [5, 5.41) is 6.13. The molecule has 2 N–H and O–H groups in total. The molecular weight excluding hydrogens is 206 g/mol. The minimum Gasteiger partial charge on any atom is -0.472 e. The van der Waals surface area contributed by atoms with Gasteiger partial charge in [0.15, 0.2) is 0 Å². The van der Waals surface area contributed by atoms with E-state index in [-0.39, 0.29) is 5.91 Å². The van der Waals surface area contributed by atoms with Crippen molar-refractivity contribution in [2.24, 2.45) is 0 Å². The number of hydrogen-bond acceptors (Lipinski definition) is 4. The molecule has 0 unspecified atom stereocenters. The zero-order valence-corrected chi connectivity index (χ0v) is 9.24. The van der Waals surface area contributed by atoms with Gasteiger partial charge in [-0.05, 0) is 6.07 Å². The summed E-state index contributed by atoms with van der Waals surface area (Å²) in [6.45, 7) is 4.85. The van der Waals surface area contributed by atoms with Gasteiger partial charge in [-0.2, -0.15) is 0 Å². The number of carbonyl (C=O) groups is 1. The average Bonchev–Trinajstić information content (AvgIpc) is 2.81. The second-order valence-electron chi connectivity index (χ2n) is 3.93. The maximum atomic E-state index is 11.6. The van der Waals surface area contributed by atoms with Gasteiger partial charge in [0.2, 0.25) is 5.91 Å². The fourth-order valence-electron chi connectivity index (χ4n) is 1.72. The lowest BCUT2D eigenvalue weighted by atomic mass is 10.3. The van der Waals surface area contributed by atoms with Gasteiger partial charge in [-0.1, -0.05) is 0 Å². The lowest BCUT2D eigenvalue weighted by Gasteiger charge is -2.26. The Balaban J connectivity index is 1.67. The first kappa shape index (κ1) is 11.2. The smallest absolute Gasteiger partial charge is 0.234 e. The van der Waals surface area contributed by atoms with E-state index < -0.39 is 0 Å². The van der Waals surface area contributed by atoms with Crippen LogP contribution in [0.3, 0.4) is 0 Å². The van der Waals surface area contributed by atoms with Crippen LogP contribution in [0.5, 0.6) is 0 Å². The number of carbonyl (C=O) groups excluding carboxylic acids is 1. The van der Waals surface area contributed by atoms with Crippen LogP contribution in [0.2, 0.25) is 0 Å². The molecule has 1 fully saturated rings. The Labute approximate surface area is 94.8 Å². The molecule has 0 aromatic carbocycles. The Kier molecular flexibility index (Phi) is 3.96. The Morgan fingerprint density at radius 3 is 3.00 bits per heavy atom. The molecule has 88 valence electrons. The molecule has 1 aliphatic rings. The van der Waals surface area contributed by atoms with Crippen molar-refractivity contribution >= 4 is 5.91 Å². The Morgan fingerprint density at radius 2 is 2.31 bits per heavy atom. The summed E-state index contributed by atoms with van der Waals surface area (Å²) in [6.07, 6.45) is 3.25. The summed E-state index contributed by atoms with van der Waals surface area (Å²) >= 11 is 0. The Morgan fingerprint density at radius 1 is 1.50 bits per heavy atom. The van der Waals surface area contributed by atoms with Crippen molar-refractivity contribution in [3.63, 3.8) is 0 Å². The molecule has 0 spiro atoms. The van der Waals surface area contributed by atoms with Crippen molar-refractivity contribution in [2.75, 3.05) is 32.7 Å². The highest BCUT2D eigenvalue weighted by molar-refractivity contribution is 5.78. The van der Waals surface area contributed by atoms with Gasteiger partial charge in [0, 0.05) is 38.3 Å². The van der Waals surface area contributed by atoms with Crippen LogP contribution in [0.4, 0.5) is 0 Å². The van der Waals surface area contributed by atoms with Crippen molar-refractivity contribution in [1.82, 2.24) is 15.5 Å². The summed E-state index contributed by atoms with van der Waals surface area (Å²) in [5.41, 5.74) is 0.994. The topological polar surface area (TPSA) is 57.5 Å². The zero-order valence-electron chi connectivity index (χ0n) is 9.24. The van der Waals surface area contributed by atoms with Crippen LogP contribution in [0, 0.1) is 0 Å². The van der Waals surface area contributed by atoms with Crippen LogP contribution in [0.1, 0.15) is 5.56 Å². The van der Waals surface area contributed by atoms with Crippen LogP contribution in [-0.2, 0) is 11.3 Å². The first-order valence-electron chi connectivity index (χ1n) is 5.55. The zero-order chi connectivity index (χ0) is 11.2. The molecule has 2 heterocycles. The van der Waals surface area contributed by atoms with Gasteiger partial charge in [0.1, 0.15) is 0 Å². The third-order valence-corrected chi connectivity index (χ3v) is 2.65. The molecule has 1 aliphatic heterocycles. The Bertz CT molecular complexity index is 318. The summed E-state index contributed by atoms with van der Waals surface area (Å²) < 4.78 is 4.93. The Hall–Kier alpha value is -1.33. The van der Waals surface area contributed by atoms with E-state index >= 15 is 0 Å². The molecule has 0 aliphatic carbocycles. The third-order valence-electron chi connectivity index (χ3n) is 2.65. The average molecular weight is 223 g/mol. The maximum absolute atomic E-state index is 11.6. The van der Waals surface area contributed by atoms with Crippen molar-refractivity contribution in [3.8, 4) is 0 Å². The standard InChI is InChI=1S/C11H17N3O2/c15-11(8-14-4-2-12-3-5-14)13-7-10-1-6-16-9-10/h1,6,9,12H,2-5,7-8H2,(H,13,15). The van der Waals surface area contributed by atoms with Gasteiger partial charge in [0.05, 0.1) is 19.1 Å². The van der Waals surface area contributed by atoms with Gasteiger partial charge >= 0.3 is 0 Å². The number of nitrogens with zero attached hydrogens (tertiary/aromatic N) is 1. The van der Waals surface area contributed by atoms with Gasteiger partial charge in [-0.15, -0.1) is 0 Å². The molecule has 5 heteroatoms. The second kappa shape index (κ2) is 5.67. The summed E-state index contributed by atoms with van der Waals surface area (Å²) in [5.74, 6) is 0.0723. The van der Waals surface area contributed by atoms with Crippen LogP contribution in [0.15, 0.2) is 23.0 Å². The molecule has 2 rings (SSSR count). The summed E-state index contributed by atoms with van der Waals surface area (Å²) in [6, 6.07) is 1.85. The van der Waals surface area contributed by atoms with E-state index in [1.165, 1.54) is 0 Å². The van der Waals surface area contributed by atoms with Crippen molar-refractivity contribution in [1.29, 1.82) is 0 Å². The minimum atomic E-state index is 0.0723. The molecule has 1 saturated heterocycles. The highest BCUT2D eigenvalue weighted by Crippen LogP contribution is 1.98. The van der Waals surface area contributed by atoms with E-state index in [0.29, 0.717) is 13.1 Å². The minimum absolute atomic E-state index is 0.0723. The number of nitrogens with one attached hydrogen (secondary N) is 2. The predicted molar refractivity (Wildman–Crippen MR) is 59.9 cm³/mol. The third kappa shape index (κ3) is 3.36. The predicted octanol–water partition coefficient (Wildman–Crippen LogP) is -0.199. The highest BCUT2D eigenvalue weighted by atomic mass is 16.3. The normalized spacial score (nSPS) is 17.2. The van der Waals surface area contributed by atoms with Gasteiger partial charge in [-0.3, -0.25) is 9.69 Å². The van der Waals surface area contributed by atoms with E-state index in [0.717, 1.165) is 31.7 Å². The lowest BCUT2D eigenvalue weighted by Crippen LogP contribution is -2.47.